The molecule has 0 atom stereocenters. The van der Waals surface area contributed by atoms with Crippen LogP contribution in [0.25, 0.3) is 0 Å². The normalized spacial score (nSPS) is 9.68. The Labute approximate surface area is 108 Å². The largest absolute Gasteiger partial charge is 0.477 e. The van der Waals surface area contributed by atoms with Gasteiger partial charge in [0.15, 0.2) is 5.69 Å². The summed E-state index contributed by atoms with van der Waals surface area (Å²) in [6.07, 6.45) is -0.735. The lowest BCUT2D eigenvalue weighted by Crippen LogP contribution is -2.18. The molecule has 1 heterocycles. The number of carboxylic acids is 1. The smallest absolute Gasteiger partial charge is 0.418 e. The molecule has 0 bridgehead atoms. The van der Waals surface area contributed by atoms with E-state index in [0.29, 0.717) is 5.75 Å². The van der Waals surface area contributed by atoms with Crippen LogP contribution in [0.4, 0.5) is 10.6 Å². The Kier molecular flexibility index (Phi) is 3.72. The fraction of sp³-hybridized carbons (Fsp3) is 0. The maximum absolute atomic E-state index is 11.5. The van der Waals surface area contributed by atoms with Gasteiger partial charge < -0.3 is 9.84 Å². The number of carboxylic acid groups (broad SMARTS) is 1. The summed E-state index contributed by atoms with van der Waals surface area (Å²) >= 11 is 0. The van der Waals surface area contributed by atoms with Crippen LogP contribution in [-0.2, 0) is 0 Å². The third-order valence-electron chi connectivity index (χ3n) is 2.15. The van der Waals surface area contributed by atoms with Gasteiger partial charge in [-0.1, -0.05) is 24.3 Å². The van der Waals surface area contributed by atoms with E-state index < -0.39 is 12.1 Å². The second-order valence-corrected chi connectivity index (χ2v) is 3.54. The number of rotatable bonds is 3. The molecule has 6 heteroatoms. The summed E-state index contributed by atoms with van der Waals surface area (Å²) in [6, 6.07) is 12.8. The molecule has 0 aliphatic rings. The van der Waals surface area contributed by atoms with Gasteiger partial charge in [0.25, 0.3) is 0 Å². The van der Waals surface area contributed by atoms with Gasteiger partial charge in [-0.3, -0.25) is 5.32 Å². The van der Waals surface area contributed by atoms with Crippen molar-refractivity contribution in [3.8, 4) is 5.75 Å². The molecule has 2 N–H and O–H groups in total. The first-order chi connectivity index (χ1) is 9.15. The highest BCUT2D eigenvalue weighted by Gasteiger charge is 2.08. The van der Waals surface area contributed by atoms with Crippen molar-refractivity contribution in [1.82, 2.24) is 4.98 Å². The zero-order chi connectivity index (χ0) is 13.7. The predicted octanol–water partition coefficient (Wildman–Crippen LogP) is 2.39. The van der Waals surface area contributed by atoms with Crippen LogP contribution in [0.2, 0.25) is 0 Å². The minimum Gasteiger partial charge on any atom is -0.477 e. The quantitative estimate of drug-likeness (QED) is 0.882. The van der Waals surface area contributed by atoms with Crippen molar-refractivity contribution in [2.24, 2.45) is 0 Å². The van der Waals surface area contributed by atoms with E-state index >= 15 is 0 Å². The summed E-state index contributed by atoms with van der Waals surface area (Å²) in [5, 5.41) is 11.1. The third-order valence-corrected chi connectivity index (χ3v) is 2.15. The summed E-state index contributed by atoms with van der Waals surface area (Å²) in [5.41, 5.74) is -0.155. The first-order valence-electron chi connectivity index (χ1n) is 5.39. The fourth-order valence-electron chi connectivity index (χ4n) is 1.35. The molecule has 2 aromatic rings. The molecule has 0 saturated carbocycles. The standard InChI is InChI=1S/C13H10N2O4/c16-12(17)10-7-4-8-11(14-10)15-13(18)19-9-5-2-1-3-6-9/h1-8H,(H,16,17)(H,14,15,18). The van der Waals surface area contributed by atoms with Crippen molar-refractivity contribution < 1.29 is 19.4 Å². The van der Waals surface area contributed by atoms with Gasteiger partial charge in [-0.25, -0.2) is 14.6 Å². The summed E-state index contributed by atoms with van der Waals surface area (Å²) in [7, 11) is 0. The summed E-state index contributed by atoms with van der Waals surface area (Å²) in [4.78, 5) is 26.0. The monoisotopic (exact) mass is 258 g/mol. The number of nitrogens with one attached hydrogen (secondary N) is 1. The van der Waals surface area contributed by atoms with Crippen molar-refractivity contribution >= 4 is 17.9 Å². The number of hydrogen-bond donors (Lipinski definition) is 2. The molecule has 96 valence electrons. The van der Waals surface area contributed by atoms with E-state index in [1.165, 1.54) is 18.2 Å². The molecule has 2 rings (SSSR count). The number of ether oxygens (including phenoxy) is 1. The Hall–Kier alpha value is -2.89. The molecule has 0 aliphatic heterocycles. The molecule has 0 saturated heterocycles. The minimum absolute atomic E-state index is 0.112. The molecule has 0 unspecified atom stereocenters. The van der Waals surface area contributed by atoms with E-state index in [2.05, 4.69) is 10.3 Å². The molecular weight excluding hydrogens is 248 g/mol. The second kappa shape index (κ2) is 5.63. The summed E-state index contributed by atoms with van der Waals surface area (Å²) in [5.74, 6) is -0.671. The van der Waals surface area contributed by atoms with E-state index in [0.717, 1.165) is 0 Å². The van der Waals surface area contributed by atoms with E-state index in [9.17, 15) is 9.59 Å². The van der Waals surface area contributed by atoms with E-state index in [4.69, 9.17) is 9.84 Å². The number of anilines is 1. The molecular formula is C13H10N2O4. The highest BCUT2D eigenvalue weighted by Crippen LogP contribution is 2.10. The molecule has 1 amide bonds. The maximum Gasteiger partial charge on any atom is 0.418 e. The Bertz CT molecular complexity index is 599. The average Bonchev–Trinajstić information content (AvgIpc) is 2.40. The van der Waals surface area contributed by atoms with E-state index in [1.807, 2.05) is 0 Å². The molecule has 1 aromatic heterocycles. The Morgan fingerprint density at radius 2 is 1.79 bits per heavy atom. The van der Waals surface area contributed by atoms with Crippen LogP contribution in [0.3, 0.4) is 0 Å². The summed E-state index contributed by atoms with van der Waals surface area (Å²) < 4.78 is 4.98. The highest BCUT2D eigenvalue weighted by molar-refractivity contribution is 5.88. The average molecular weight is 258 g/mol. The van der Waals surface area contributed by atoms with Gasteiger partial charge in [0.05, 0.1) is 0 Å². The molecule has 1 aromatic carbocycles. The first-order valence-corrected chi connectivity index (χ1v) is 5.39. The number of amides is 1. The number of carbonyl (C=O) groups excluding carboxylic acids is 1. The fourth-order valence-corrected chi connectivity index (χ4v) is 1.35. The zero-order valence-corrected chi connectivity index (χ0v) is 9.74. The zero-order valence-electron chi connectivity index (χ0n) is 9.74. The van der Waals surface area contributed by atoms with Crippen LogP contribution in [0.1, 0.15) is 10.5 Å². The van der Waals surface area contributed by atoms with E-state index in [-0.39, 0.29) is 11.5 Å². The minimum atomic E-state index is -1.17. The van der Waals surface area contributed by atoms with Gasteiger partial charge >= 0.3 is 12.1 Å². The number of nitrogens with zero attached hydrogens (tertiary/aromatic N) is 1. The third kappa shape index (κ3) is 3.53. The molecule has 19 heavy (non-hydrogen) atoms. The molecule has 0 radical (unpaired) electrons. The van der Waals surface area contributed by atoms with Crippen molar-refractivity contribution in [2.75, 3.05) is 5.32 Å². The van der Waals surface area contributed by atoms with Gasteiger partial charge in [-0.2, -0.15) is 0 Å². The Morgan fingerprint density at radius 3 is 2.47 bits per heavy atom. The van der Waals surface area contributed by atoms with E-state index in [1.54, 1.807) is 30.3 Å². The number of aromatic carboxylic acids is 1. The highest BCUT2D eigenvalue weighted by atomic mass is 16.6. The lowest BCUT2D eigenvalue weighted by molar-refractivity contribution is 0.0690. The number of hydrogen-bond acceptors (Lipinski definition) is 4. The van der Waals surface area contributed by atoms with Gasteiger partial charge in [-0.15, -0.1) is 0 Å². The van der Waals surface area contributed by atoms with Gasteiger partial charge in [0.1, 0.15) is 11.6 Å². The summed E-state index contributed by atoms with van der Waals surface area (Å²) in [6.45, 7) is 0. The SMILES string of the molecule is O=C(Nc1cccc(C(=O)O)n1)Oc1ccccc1. The van der Waals surface area contributed by atoms with Crippen LogP contribution >= 0.6 is 0 Å². The van der Waals surface area contributed by atoms with Crippen LogP contribution in [0.15, 0.2) is 48.5 Å². The Balaban J connectivity index is 2.03. The second-order valence-electron chi connectivity index (χ2n) is 3.54. The lowest BCUT2D eigenvalue weighted by atomic mass is 10.3. The predicted molar refractivity (Wildman–Crippen MR) is 67.3 cm³/mol. The molecule has 6 nitrogen and oxygen atoms in total. The van der Waals surface area contributed by atoms with Crippen LogP contribution in [-0.4, -0.2) is 22.2 Å². The number of pyridine rings is 1. The van der Waals surface area contributed by atoms with Crippen molar-refractivity contribution in [1.29, 1.82) is 0 Å². The Morgan fingerprint density at radius 1 is 1.05 bits per heavy atom. The molecule has 0 fully saturated rings. The number of para-hydroxylation sites is 1. The number of aromatic nitrogens is 1. The molecule has 0 aliphatic carbocycles. The van der Waals surface area contributed by atoms with Crippen LogP contribution in [0, 0.1) is 0 Å². The van der Waals surface area contributed by atoms with Crippen molar-refractivity contribution in [3.05, 3.63) is 54.2 Å². The van der Waals surface area contributed by atoms with Crippen LogP contribution in [0.5, 0.6) is 5.75 Å². The number of carbonyl (C=O) groups is 2. The topological polar surface area (TPSA) is 88.5 Å². The lowest BCUT2D eigenvalue weighted by Gasteiger charge is -2.06. The van der Waals surface area contributed by atoms with Crippen LogP contribution < -0.4 is 10.1 Å². The van der Waals surface area contributed by atoms with Crippen molar-refractivity contribution in [2.45, 2.75) is 0 Å². The van der Waals surface area contributed by atoms with Gasteiger partial charge in [0, 0.05) is 0 Å². The molecule has 0 spiro atoms. The number of benzene rings is 1. The van der Waals surface area contributed by atoms with Gasteiger partial charge in [0.2, 0.25) is 0 Å². The maximum atomic E-state index is 11.5. The van der Waals surface area contributed by atoms with Gasteiger partial charge in [-0.05, 0) is 24.3 Å². The first kappa shape index (κ1) is 12.6. The van der Waals surface area contributed by atoms with Crippen molar-refractivity contribution in [3.63, 3.8) is 0 Å².